The van der Waals surface area contributed by atoms with Crippen LogP contribution in [0.2, 0.25) is 5.02 Å². The molecule has 3 rings (SSSR count). The second-order valence-electron chi connectivity index (χ2n) is 5.27. The van der Waals surface area contributed by atoms with Gasteiger partial charge in [-0.2, -0.15) is 5.26 Å². The summed E-state index contributed by atoms with van der Waals surface area (Å²) in [6.07, 6.45) is 0. The Bertz CT molecular complexity index is 983. The van der Waals surface area contributed by atoms with E-state index in [1.165, 1.54) is 0 Å². The number of aryl methyl sites for hydroxylation is 1. The van der Waals surface area contributed by atoms with Gasteiger partial charge in [0.25, 0.3) is 5.56 Å². The van der Waals surface area contributed by atoms with E-state index in [2.05, 4.69) is 4.98 Å². The van der Waals surface area contributed by atoms with Gasteiger partial charge in [0.2, 0.25) is 0 Å². The van der Waals surface area contributed by atoms with Crippen molar-refractivity contribution in [3.8, 4) is 28.3 Å². The lowest BCUT2D eigenvalue weighted by molar-refractivity contribution is 1.13. The van der Waals surface area contributed by atoms with Crippen LogP contribution in [-0.2, 0) is 0 Å². The Labute approximate surface area is 138 Å². The Morgan fingerprint density at radius 1 is 1.00 bits per heavy atom. The highest BCUT2D eigenvalue weighted by Gasteiger charge is 2.11. The Morgan fingerprint density at radius 2 is 1.65 bits per heavy atom. The van der Waals surface area contributed by atoms with Crippen LogP contribution in [0.25, 0.3) is 22.3 Å². The fraction of sp³-hybridized carbons (Fsp3) is 0.0526. The minimum absolute atomic E-state index is 0.124. The van der Waals surface area contributed by atoms with Crippen LogP contribution in [-0.4, -0.2) is 4.98 Å². The van der Waals surface area contributed by atoms with Gasteiger partial charge in [-0.1, -0.05) is 41.9 Å². The van der Waals surface area contributed by atoms with Crippen LogP contribution in [0, 0.1) is 18.3 Å². The number of benzene rings is 2. The molecule has 23 heavy (non-hydrogen) atoms. The average molecular weight is 321 g/mol. The molecule has 1 aromatic heterocycles. The molecule has 0 unspecified atom stereocenters. The number of aromatic amines is 1. The minimum Gasteiger partial charge on any atom is -0.325 e. The van der Waals surface area contributed by atoms with E-state index in [1.807, 2.05) is 60.7 Å². The first-order chi connectivity index (χ1) is 11.1. The highest BCUT2D eigenvalue weighted by Crippen LogP contribution is 2.28. The van der Waals surface area contributed by atoms with E-state index >= 15 is 0 Å². The number of aromatic nitrogens is 1. The summed E-state index contributed by atoms with van der Waals surface area (Å²) in [4.78, 5) is 14.6. The second kappa shape index (κ2) is 6.12. The van der Waals surface area contributed by atoms with Crippen molar-refractivity contribution in [2.75, 3.05) is 0 Å². The molecule has 2 aromatic carbocycles. The molecule has 0 aliphatic carbocycles. The third-order valence-corrected chi connectivity index (χ3v) is 3.85. The van der Waals surface area contributed by atoms with Crippen LogP contribution >= 0.6 is 11.6 Å². The largest absolute Gasteiger partial charge is 0.325 e. The molecule has 0 aliphatic rings. The molecule has 0 amide bonds. The zero-order valence-corrected chi connectivity index (χ0v) is 13.2. The molecule has 0 bridgehead atoms. The van der Waals surface area contributed by atoms with Crippen LogP contribution in [0.5, 0.6) is 0 Å². The maximum Gasteiger partial charge on any atom is 0.266 e. The maximum atomic E-state index is 12.0. The monoisotopic (exact) mass is 320 g/mol. The number of pyridine rings is 1. The average Bonchev–Trinajstić information content (AvgIpc) is 2.54. The van der Waals surface area contributed by atoms with Gasteiger partial charge >= 0.3 is 0 Å². The van der Waals surface area contributed by atoms with E-state index in [4.69, 9.17) is 11.6 Å². The van der Waals surface area contributed by atoms with Gasteiger partial charge in [-0.3, -0.25) is 4.79 Å². The quantitative estimate of drug-likeness (QED) is 0.753. The van der Waals surface area contributed by atoms with Crippen LogP contribution in [0.3, 0.4) is 0 Å². The number of nitrogens with zero attached hydrogens (tertiary/aromatic N) is 1. The van der Waals surface area contributed by atoms with E-state index in [0.29, 0.717) is 10.6 Å². The number of nitriles is 1. The molecular weight excluding hydrogens is 308 g/mol. The smallest absolute Gasteiger partial charge is 0.266 e. The molecule has 112 valence electrons. The van der Waals surface area contributed by atoms with Gasteiger partial charge in [-0.15, -0.1) is 0 Å². The Balaban J connectivity index is 2.19. The lowest BCUT2D eigenvalue weighted by Crippen LogP contribution is -2.12. The molecule has 3 nitrogen and oxygen atoms in total. The summed E-state index contributed by atoms with van der Waals surface area (Å²) < 4.78 is 0. The normalized spacial score (nSPS) is 10.3. The van der Waals surface area contributed by atoms with Crippen LogP contribution in [0.1, 0.15) is 11.3 Å². The van der Waals surface area contributed by atoms with Gasteiger partial charge in [0.15, 0.2) is 0 Å². The predicted molar refractivity (Wildman–Crippen MR) is 92.4 cm³/mol. The summed E-state index contributed by atoms with van der Waals surface area (Å²) in [7, 11) is 0. The summed E-state index contributed by atoms with van der Waals surface area (Å²) in [6, 6.07) is 19.1. The molecule has 1 heterocycles. The zero-order chi connectivity index (χ0) is 16.4. The molecular formula is C19H13ClN2O. The van der Waals surface area contributed by atoms with Crippen molar-refractivity contribution in [1.82, 2.24) is 4.98 Å². The minimum atomic E-state index is -0.365. The molecule has 0 saturated heterocycles. The molecule has 0 atom stereocenters. The number of H-pyrrole nitrogens is 1. The summed E-state index contributed by atoms with van der Waals surface area (Å²) in [5.41, 5.74) is 3.91. The summed E-state index contributed by atoms with van der Waals surface area (Å²) >= 11 is 6.05. The summed E-state index contributed by atoms with van der Waals surface area (Å²) in [6.45, 7) is 1.80. The molecule has 4 heteroatoms. The van der Waals surface area contributed by atoms with Crippen molar-refractivity contribution in [1.29, 1.82) is 5.26 Å². The van der Waals surface area contributed by atoms with Crippen LogP contribution < -0.4 is 5.56 Å². The number of hydrogen-bond acceptors (Lipinski definition) is 2. The van der Waals surface area contributed by atoms with Crippen molar-refractivity contribution < 1.29 is 0 Å². The Hall–Kier alpha value is -2.83. The highest BCUT2D eigenvalue weighted by molar-refractivity contribution is 6.30. The number of hydrogen-bond donors (Lipinski definition) is 1. The van der Waals surface area contributed by atoms with Gasteiger partial charge in [-0.05, 0) is 47.9 Å². The van der Waals surface area contributed by atoms with Crippen molar-refractivity contribution in [3.63, 3.8) is 0 Å². The van der Waals surface area contributed by atoms with E-state index in [0.717, 1.165) is 22.4 Å². The van der Waals surface area contributed by atoms with Gasteiger partial charge in [0, 0.05) is 16.3 Å². The first-order valence-corrected chi connectivity index (χ1v) is 7.46. The van der Waals surface area contributed by atoms with Crippen LogP contribution in [0.15, 0.2) is 59.4 Å². The zero-order valence-electron chi connectivity index (χ0n) is 12.4. The van der Waals surface area contributed by atoms with E-state index in [1.54, 1.807) is 6.92 Å². The standard InChI is InChI=1S/C19H13ClN2O/c1-12-8-17(18(11-21)19(23)22-12)15-6-2-4-13(9-15)14-5-3-7-16(20)10-14/h2-10H,1H3,(H,22,23). The Morgan fingerprint density at radius 3 is 2.35 bits per heavy atom. The predicted octanol–water partition coefficient (Wildman–Crippen LogP) is 4.54. The fourth-order valence-electron chi connectivity index (χ4n) is 2.56. The van der Waals surface area contributed by atoms with Crippen molar-refractivity contribution in [3.05, 3.63) is 81.2 Å². The molecule has 3 aromatic rings. The molecule has 0 radical (unpaired) electrons. The second-order valence-corrected chi connectivity index (χ2v) is 5.71. The molecule has 0 fully saturated rings. The third-order valence-electron chi connectivity index (χ3n) is 3.61. The molecule has 0 saturated carbocycles. The number of halogens is 1. The topological polar surface area (TPSA) is 56.6 Å². The first kappa shape index (κ1) is 15.1. The van der Waals surface area contributed by atoms with Gasteiger partial charge in [0.1, 0.15) is 11.6 Å². The third kappa shape index (κ3) is 3.03. The summed E-state index contributed by atoms with van der Waals surface area (Å²) in [5.74, 6) is 0. The van der Waals surface area contributed by atoms with E-state index in [-0.39, 0.29) is 11.1 Å². The van der Waals surface area contributed by atoms with Gasteiger partial charge < -0.3 is 4.98 Å². The SMILES string of the molecule is Cc1cc(-c2cccc(-c3cccc(Cl)c3)c2)c(C#N)c(=O)[nH]1. The first-order valence-electron chi connectivity index (χ1n) is 7.09. The van der Waals surface area contributed by atoms with Crippen molar-refractivity contribution >= 4 is 11.6 Å². The lowest BCUT2D eigenvalue weighted by atomic mass is 9.97. The molecule has 0 spiro atoms. The molecule has 0 aliphatic heterocycles. The van der Waals surface area contributed by atoms with Crippen molar-refractivity contribution in [2.45, 2.75) is 6.92 Å². The van der Waals surface area contributed by atoms with E-state index in [9.17, 15) is 10.1 Å². The maximum absolute atomic E-state index is 12.0. The van der Waals surface area contributed by atoms with Gasteiger partial charge in [0.05, 0.1) is 0 Å². The lowest BCUT2D eigenvalue weighted by Gasteiger charge is -2.08. The Kier molecular flexibility index (Phi) is 4.01. The molecule has 1 N–H and O–H groups in total. The highest BCUT2D eigenvalue weighted by atomic mass is 35.5. The number of rotatable bonds is 2. The fourth-order valence-corrected chi connectivity index (χ4v) is 2.75. The van der Waals surface area contributed by atoms with Gasteiger partial charge in [-0.25, -0.2) is 0 Å². The summed E-state index contributed by atoms with van der Waals surface area (Å²) in [5, 5.41) is 9.95. The van der Waals surface area contributed by atoms with E-state index < -0.39 is 0 Å². The van der Waals surface area contributed by atoms with Crippen molar-refractivity contribution in [2.24, 2.45) is 0 Å². The van der Waals surface area contributed by atoms with Crippen LogP contribution in [0.4, 0.5) is 0 Å². The number of nitrogens with one attached hydrogen (secondary N) is 1.